The molecule has 0 aliphatic rings. The molecular weight excluding hydrogens is 830 g/mol. The van der Waals surface area contributed by atoms with Crippen LogP contribution in [0.2, 0.25) is 0 Å². The summed E-state index contributed by atoms with van der Waals surface area (Å²) in [5.74, 6) is -2.21. The Hall–Kier alpha value is -4.46. The first kappa shape index (κ1) is 32.9. The summed E-state index contributed by atoms with van der Waals surface area (Å²) in [4.78, 5) is 31.7. The van der Waals surface area contributed by atoms with Crippen LogP contribution in [0.5, 0.6) is 0 Å². The Morgan fingerprint density at radius 2 is 0.935 bits per heavy atom. The normalized spacial score (nSPS) is 10.6. The van der Waals surface area contributed by atoms with Gasteiger partial charge in [0.25, 0.3) is 0 Å². The van der Waals surface area contributed by atoms with Crippen molar-refractivity contribution < 1.29 is 17.6 Å². The van der Waals surface area contributed by atoms with E-state index in [1.165, 1.54) is 45.2 Å². The lowest BCUT2D eigenvalue weighted by molar-refractivity contribution is 0.437. The molecule has 0 bridgehead atoms. The van der Waals surface area contributed by atoms with Gasteiger partial charge in [-0.2, -0.15) is 0 Å². The molecule has 2 N–H and O–H groups in total. The second kappa shape index (κ2) is 15.7. The lowest BCUT2D eigenvalue weighted by Crippen LogP contribution is -2.03. The minimum Gasteiger partial charge on any atom is -0.342 e. The molecule has 46 heavy (non-hydrogen) atoms. The third kappa shape index (κ3) is 8.03. The number of imidazole rings is 4. The number of aromatic nitrogens is 10. The molecule has 1 aromatic carbocycles. The molecule has 7 rings (SSSR count). The number of pyridine rings is 2. The number of nitrogens with zero attached hydrogens (tertiary/aromatic N) is 8. The van der Waals surface area contributed by atoms with Crippen LogP contribution < -0.4 is 0 Å². The first-order valence-corrected chi connectivity index (χ1v) is 15.5. The van der Waals surface area contributed by atoms with E-state index in [0.717, 1.165) is 34.7 Å². The molecule has 0 amide bonds. The van der Waals surface area contributed by atoms with Gasteiger partial charge in [0.15, 0.2) is 46.6 Å². The highest BCUT2D eigenvalue weighted by molar-refractivity contribution is 14.1. The van der Waals surface area contributed by atoms with Crippen molar-refractivity contribution in [3.8, 4) is 23.3 Å². The van der Waals surface area contributed by atoms with Crippen molar-refractivity contribution in [2.24, 2.45) is 0 Å². The predicted molar refractivity (Wildman–Crippen MR) is 178 cm³/mol. The van der Waals surface area contributed by atoms with Crippen LogP contribution in [0.15, 0.2) is 98.4 Å². The van der Waals surface area contributed by atoms with E-state index in [4.69, 9.17) is 0 Å². The van der Waals surface area contributed by atoms with E-state index < -0.39 is 30.4 Å². The van der Waals surface area contributed by atoms with E-state index in [9.17, 15) is 17.6 Å². The Balaban J connectivity index is 0.000000139. The minimum absolute atomic E-state index is 0.664. The van der Waals surface area contributed by atoms with E-state index in [0.29, 0.717) is 13.1 Å². The largest absolute Gasteiger partial charge is 0.342 e. The average molecular weight is 852 g/mol. The molecule has 0 atom stereocenters. The number of halogens is 6. The van der Waals surface area contributed by atoms with Crippen LogP contribution in [-0.2, 0) is 13.1 Å². The Labute approximate surface area is 286 Å². The van der Waals surface area contributed by atoms with Gasteiger partial charge in [-0.25, -0.2) is 37.5 Å². The fourth-order valence-corrected chi connectivity index (χ4v) is 4.94. The SMILES string of the molecule is Fc1c(F)c(I)c(F)c(F)c1I.c1ccc(Cn2ccnc2-c2ncc[nH]2)nc1.c1ccc(Cn2ccnc2-c2ncc[nH]2)nc1. The van der Waals surface area contributed by atoms with Gasteiger partial charge in [-0.05, 0) is 69.4 Å². The minimum atomic E-state index is -1.35. The van der Waals surface area contributed by atoms with E-state index in [-0.39, 0.29) is 0 Å². The van der Waals surface area contributed by atoms with Crippen molar-refractivity contribution in [2.45, 2.75) is 13.1 Å². The molecule has 0 aliphatic heterocycles. The Morgan fingerprint density at radius 3 is 1.26 bits per heavy atom. The maximum atomic E-state index is 12.6. The van der Waals surface area contributed by atoms with E-state index >= 15 is 0 Å². The van der Waals surface area contributed by atoms with Gasteiger partial charge in [0.1, 0.15) is 0 Å². The third-order valence-corrected chi connectivity index (χ3v) is 8.02. The second-order valence-corrected chi connectivity index (χ2v) is 11.3. The number of rotatable bonds is 6. The van der Waals surface area contributed by atoms with Gasteiger partial charge >= 0.3 is 0 Å². The fraction of sp³-hybridized carbons (Fsp3) is 0.0667. The zero-order valence-electron chi connectivity index (χ0n) is 23.5. The fourth-order valence-electron chi connectivity index (χ4n) is 3.99. The lowest BCUT2D eigenvalue weighted by atomic mass is 10.3. The monoisotopic (exact) mass is 852 g/mol. The van der Waals surface area contributed by atoms with E-state index in [2.05, 4.69) is 39.9 Å². The molecule has 7 aromatic rings. The maximum absolute atomic E-state index is 12.6. The lowest BCUT2D eigenvalue weighted by Gasteiger charge is -2.05. The Bertz CT molecular complexity index is 1750. The smallest absolute Gasteiger partial charge is 0.176 e. The predicted octanol–water partition coefficient (Wildman–Crippen LogP) is 6.89. The van der Waals surface area contributed by atoms with Gasteiger partial charge in [-0.15, -0.1) is 0 Å². The average Bonchev–Trinajstić information content (AvgIpc) is 3.92. The summed E-state index contributed by atoms with van der Waals surface area (Å²) in [6.45, 7) is 1.38. The van der Waals surface area contributed by atoms with Crippen molar-refractivity contribution in [2.75, 3.05) is 0 Å². The quantitative estimate of drug-likeness (QED) is 0.0816. The summed E-state index contributed by atoms with van der Waals surface area (Å²) in [6, 6.07) is 11.8. The van der Waals surface area contributed by atoms with Gasteiger partial charge in [0.05, 0.1) is 31.6 Å². The van der Waals surface area contributed by atoms with E-state index in [1.807, 2.05) is 57.9 Å². The first-order valence-electron chi connectivity index (χ1n) is 13.3. The van der Waals surface area contributed by atoms with Gasteiger partial charge in [0, 0.05) is 62.0 Å². The molecule has 0 saturated carbocycles. The molecule has 0 aliphatic carbocycles. The highest BCUT2D eigenvalue weighted by Crippen LogP contribution is 2.26. The highest BCUT2D eigenvalue weighted by Gasteiger charge is 2.22. The topological polar surface area (TPSA) is 119 Å². The summed E-state index contributed by atoms with van der Waals surface area (Å²) >= 11 is 2.41. The van der Waals surface area contributed by atoms with Crippen LogP contribution in [-0.4, -0.2) is 49.0 Å². The number of aromatic amines is 2. The van der Waals surface area contributed by atoms with Crippen molar-refractivity contribution in [3.05, 3.63) is 140 Å². The Morgan fingerprint density at radius 1 is 0.522 bits per heavy atom. The summed E-state index contributed by atoms with van der Waals surface area (Å²) in [5.41, 5.74) is 2.00. The van der Waals surface area contributed by atoms with E-state index in [1.54, 1.807) is 49.6 Å². The number of hydrogen-bond donors (Lipinski definition) is 2. The van der Waals surface area contributed by atoms with Crippen LogP contribution in [0.25, 0.3) is 23.3 Å². The molecular formula is C30H22F4I2N10. The van der Waals surface area contributed by atoms with Crippen molar-refractivity contribution in [3.63, 3.8) is 0 Å². The summed E-state index contributed by atoms with van der Waals surface area (Å²) in [5, 5.41) is 0. The summed E-state index contributed by atoms with van der Waals surface area (Å²) in [6.07, 6.45) is 18.0. The number of benzene rings is 1. The molecule has 0 spiro atoms. The molecule has 6 heterocycles. The maximum Gasteiger partial charge on any atom is 0.176 e. The zero-order valence-corrected chi connectivity index (χ0v) is 27.8. The van der Waals surface area contributed by atoms with Crippen LogP contribution in [0.4, 0.5) is 17.6 Å². The number of nitrogens with one attached hydrogen (secondary N) is 2. The molecule has 0 fully saturated rings. The second-order valence-electron chi connectivity index (χ2n) is 9.16. The van der Waals surface area contributed by atoms with Crippen molar-refractivity contribution in [1.29, 1.82) is 0 Å². The highest BCUT2D eigenvalue weighted by atomic mass is 127. The van der Waals surface area contributed by atoms with Crippen molar-refractivity contribution in [1.82, 2.24) is 49.0 Å². The van der Waals surface area contributed by atoms with Gasteiger partial charge in [0.2, 0.25) is 0 Å². The van der Waals surface area contributed by atoms with Gasteiger partial charge < -0.3 is 19.1 Å². The van der Waals surface area contributed by atoms with Crippen LogP contribution in [0.3, 0.4) is 0 Å². The molecule has 0 radical (unpaired) electrons. The van der Waals surface area contributed by atoms with Gasteiger partial charge in [-0.1, -0.05) is 12.1 Å². The van der Waals surface area contributed by atoms with Crippen LogP contribution >= 0.6 is 45.2 Å². The standard InChI is InChI=1S/2C12H11N5.C6F4I2/c2*1-2-4-13-10(3-1)9-17-8-7-16-12(17)11-14-5-6-15-11;7-1-2(8)6(12)4(10)3(9)5(1)11/h2*1-8H,9H2,(H,14,15);. The van der Waals surface area contributed by atoms with Crippen molar-refractivity contribution >= 4 is 45.2 Å². The van der Waals surface area contributed by atoms with Gasteiger partial charge in [-0.3, -0.25) is 9.97 Å². The molecule has 6 aromatic heterocycles. The third-order valence-electron chi connectivity index (χ3n) is 6.12. The number of hydrogen-bond acceptors (Lipinski definition) is 6. The Kier molecular flexibility index (Phi) is 11.2. The van der Waals surface area contributed by atoms with Crippen LogP contribution in [0, 0.1) is 30.4 Å². The molecule has 16 heteroatoms. The molecule has 0 saturated heterocycles. The summed E-state index contributed by atoms with van der Waals surface area (Å²) < 4.78 is 53.3. The van der Waals surface area contributed by atoms with Crippen LogP contribution in [0.1, 0.15) is 11.4 Å². The molecule has 234 valence electrons. The summed E-state index contributed by atoms with van der Waals surface area (Å²) in [7, 11) is 0. The zero-order chi connectivity index (χ0) is 32.5. The molecule has 0 unspecified atom stereocenters. The number of H-pyrrole nitrogens is 2. The first-order chi connectivity index (χ1) is 22.3. The molecule has 10 nitrogen and oxygen atoms in total.